The Balaban J connectivity index is 2.17. The summed E-state index contributed by atoms with van der Waals surface area (Å²) in [5.41, 5.74) is 0.947. The zero-order valence-electron chi connectivity index (χ0n) is 8.80. The van der Waals surface area contributed by atoms with Crippen molar-refractivity contribution in [2.45, 2.75) is 11.8 Å². The molecule has 1 saturated carbocycles. The summed E-state index contributed by atoms with van der Waals surface area (Å²) in [6.45, 7) is 0. The molecule has 1 aliphatic carbocycles. The predicted octanol–water partition coefficient (Wildman–Crippen LogP) is 1.01. The van der Waals surface area contributed by atoms with Crippen LogP contribution in [0, 0.1) is 5.92 Å². The van der Waals surface area contributed by atoms with Gasteiger partial charge in [0.05, 0.1) is 11.3 Å². The van der Waals surface area contributed by atoms with Crippen molar-refractivity contribution >= 4 is 17.6 Å². The molecule has 4 heteroatoms. The second-order valence-corrected chi connectivity index (χ2v) is 4.45. The number of carboxylic acid groups (broad SMARTS) is 1. The molecule has 1 N–H and O–H groups in total. The molecule has 1 aromatic carbocycles. The number of rotatable bonds is 1. The summed E-state index contributed by atoms with van der Waals surface area (Å²) in [5.74, 6) is -1.51. The van der Waals surface area contributed by atoms with Crippen LogP contribution >= 0.6 is 0 Å². The minimum Gasteiger partial charge on any atom is -0.481 e. The van der Waals surface area contributed by atoms with E-state index < -0.39 is 17.3 Å². The molecule has 2 aliphatic rings. The summed E-state index contributed by atoms with van der Waals surface area (Å²) in [4.78, 5) is 24.7. The van der Waals surface area contributed by atoms with Gasteiger partial charge in [-0.25, -0.2) is 0 Å². The Bertz CT molecular complexity index is 511. The molecule has 3 rings (SSSR count). The van der Waals surface area contributed by atoms with Gasteiger partial charge in [0.2, 0.25) is 5.91 Å². The first-order chi connectivity index (χ1) is 7.59. The molecule has 0 unspecified atom stereocenters. The smallest absolute Gasteiger partial charge is 0.307 e. The molecule has 16 heavy (non-hydrogen) atoms. The maximum Gasteiger partial charge on any atom is 0.307 e. The van der Waals surface area contributed by atoms with Gasteiger partial charge < -0.3 is 10.0 Å². The highest BCUT2D eigenvalue weighted by Crippen LogP contribution is 2.61. The number of hydrogen-bond donors (Lipinski definition) is 1. The fraction of sp³-hybridized carbons (Fsp3) is 0.333. The van der Waals surface area contributed by atoms with E-state index in [9.17, 15) is 9.59 Å². The van der Waals surface area contributed by atoms with Crippen molar-refractivity contribution < 1.29 is 14.7 Å². The summed E-state index contributed by atoms with van der Waals surface area (Å²) in [6.07, 6.45) is 0.433. The van der Waals surface area contributed by atoms with Crippen LogP contribution in [-0.4, -0.2) is 24.0 Å². The van der Waals surface area contributed by atoms with Gasteiger partial charge in [-0.3, -0.25) is 9.59 Å². The SMILES string of the molecule is CN1C(=O)[C@]2(C[C@H]2C(=O)O)c2ccccc21. The number of nitrogens with zero attached hydrogens (tertiary/aromatic N) is 1. The second kappa shape index (κ2) is 2.64. The van der Waals surface area contributed by atoms with Crippen molar-refractivity contribution in [2.75, 3.05) is 11.9 Å². The lowest BCUT2D eigenvalue weighted by molar-refractivity contribution is -0.140. The van der Waals surface area contributed by atoms with Gasteiger partial charge in [-0.15, -0.1) is 0 Å². The highest BCUT2D eigenvalue weighted by molar-refractivity contribution is 6.13. The highest BCUT2D eigenvalue weighted by Gasteiger charge is 2.69. The number of aliphatic carboxylic acids is 1. The van der Waals surface area contributed by atoms with Gasteiger partial charge in [0.15, 0.2) is 0 Å². The Labute approximate surface area is 92.5 Å². The molecular formula is C12H11NO3. The summed E-state index contributed by atoms with van der Waals surface area (Å²) in [7, 11) is 1.70. The van der Waals surface area contributed by atoms with Crippen LogP contribution in [-0.2, 0) is 15.0 Å². The van der Waals surface area contributed by atoms with Gasteiger partial charge in [-0.1, -0.05) is 18.2 Å². The number of fused-ring (bicyclic) bond motifs is 2. The van der Waals surface area contributed by atoms with Crippen LogP contribution in [0.5, 0.6) is 0 Å². The molecular weight excluding hydrogens is 206 g/mol. The minimum absolute atomic E-state index is 0.0823. The van der Waals surface area contributed by atoms with Crippen molar-refractivity contribution in [2.24, 2.45) is 5.92 Å². The number of hydrogen-bond acceptors (Lipinski definition) is 2. The van der Waals surface area contributed by atoms with E-state index in [0.717, 1.165) is 11.3 Å². The van der Waals surface area contributed by atoms with Crippen LogP contribution in [0.4, 0.5) is 5.69 Å². The number of anilines is 1. The molecule has 1 fully saturated rings. The zero-order valence-corrected chi connectivity index (χ0v) is 8.80. The first-order valence-electron chi connectivity index (χ1n) is 5.19. The van der Waals surface area contributed by atoms with E-state index in [0.29, 0.717) is 6.42 Å². The van der Waals surface area contributed by atoms with E-state index in [-0.39, 0.29) is 5.91 Å². The van der Waals surface area contributed by atoms with Crippen LogP contribution in [0.1, 0.15) is 12.0 Å². The number of likely N-dealkylation sites (N-methyl/N-ethyl adjacent to an activating group) is 1. The number of amides is 1. The lowest BCUT2D eigenvalue weighted by Crippen LogP contribution is -2.30. The number of para-hydroxylation sites is 1. The molecule has 1 aromatic rings. The largest absolute Gasteiger partial charge is 0.481 e. The first-order valence-corrected chi connectivity index (χ1v) is 5.19. The van der Waals surface area contributed by atoms with Crippen LogP contribution in [0.15, 0.2) is 24.3 Å². The quantitative estimate of drug-likeness (QED) is 0.763. The molecule has 0 aromatic heterocycles. The van der Waals surface area contributed by atoms with Gasteiger partial charge in [0.25, 0.3) is 0 Å². The van der Waals surface area contributed by atoms with Crippen molar-refractivity contribution in [1.29, 1.82) is 0 Å². The lowest BCUT2D eigenvalue weighted by atomic mass is 9.95. The molecule has 1 aliphatic heterocycles. The fourth-order valence-electron chi connectivity index (χ4n) is 2.76. The van der Waals surface area contributed by atoms with E-state index in [1.807, 2.05) is 24.3 Å². The number of benzene rings is 1. The first kappa shape index (κ1) is 9.39. The summed E-state index contributed by atoms with van der Waals surface area (Å²) in [6, 6.07) is 7.43. The molecule has 0 saturated heterocycles. The summed E-state index contributed by atoms with van der Waals surface area (Å²) in [5, 5.41) is 9.04. The third kappa shape index (κ3) is 0.852. The predicted molar refractivity (Wildman–Crippen MR) is 57.3 cm³/mol. The molecule has 4 nitrogen and oxygen atoms in total. The average molecular weight is 217 g/mol. The Morgan fingerprint density at radius 2 is 2.19 bits per heavy atom. The maximum absolute atomic E-state index is 12.1. The van der Waals surface area contributed by atoms with E-state index in [1.54, 1.807) is 11.9 Å². The third-order valence-corrected chi connectivity index (χ3v) is 3.69. The van der Waals surface area contributed by atoms with Crippen molar-refractivity contribution in [3.05, 3.63) is 29.8 Å². The highest BCUT2D eigenvalue weighted by atomic mass is 16.4. The Morgan fingerprint density at radius 3 is 2.81 bits per heavy atom. The van der Waals surface area contributed by atoms with E-state index in [1.165, 1.54) is 0 Å². The van der Waals surface area contributed by atoms with Crippen LogP contribution < -0.4 is 4.90 Å². The van der Waals surface area contributed by atoms with E-state index in [4.69, 9.17) is 5.11 Å². The van der Waals surface area contributed by atoms with Crippen LogP contribution in [0.25, 0.3) is 0 Å². The molecule has 1 heterocycles. The molecule has 1 amide bonds. The second-order valence-electron chi connectivity index (χ2n) is 4.45. The van der Waals surface area contributed by atoms with Gasteiger partial charge >= 0.3 is 5.97 Å². The van der Waals surface area contributed by atoms with Gasteiger partial charge in [0.1, 0.15) is 0 Å². The maximum atomic E-state index is 12.1. The number of carboxylic acids is 1. The molecule has 1 spiro atoms. The Kier molecular flexibility index (Phi) is 1.55. The third-order valence-electron chi connectivity index (χ3n) is 3.69. The normalized spacial score (nSPS) is 30.7. The summed E-state index contributed by atoms with van der Waals surface area (Å²) < 4.78 is 0. The average Bonchev–Trinajstić information content (AvgIpc) is 2.99. The zero-order chi connectivity index (χ0) is 11.5. The van der Waals surface area contributed by atoms with Gasteiger partial charge in [-0.05, 0) is 18.1 Å². The van der Waals surface area contributed by atoms with Crippen LogP contribution in [0.3, 0.4) is 0 Å². The van der Waals surface area contributed by atoms with Crippen LogP contribution in [0.2, 0.25) is 0 Å². The van der Waals surface area contributed by atoms with E-state index in [2.05, 4.69) is 0 Å². The summed E-state index contributed by atoms with van der Waals surface area (Å²) >= 11 is 0. The molecule has 82 valence electrons. The van der Waals surface area contributed by atoms with Crippen molar-refractivity contribution in [1.82, 2.24) is 0 Å². The Hall–Kier alpha value is -1.84. The topological polar surface area (TPSA) is 57.6 Å². The fourth-order valence-corrected chi connectivity index (χ4v) is 2.76. The molecule has 0 bridgehead atoms. The number of carbonyl (C=O) groups excluding carboxylic acids is 1. The standard InChI is InChI=1S/C12H11NO3/c1-13-9-5-3-2-4-7(9)12(11(13)16)6-8(12)10(14)15/h2-5,8H,6H2,1H3,(H,14,15)/t8-,12+/m0/s1. The minimum atomic E-state index is -0.876. The van der Waals surface area contributed by atoms with Crippen molar-refractivity contribution in [3.8, 4) is 0 Å². The number of carbonyl (C=O) groups is 2. The van der Waals surface area contributed by atoms with Gasteiger partial charge in [0, 0.05) is 12.7 Å². The molecule has 0 radical (unpaired) electrons. The van der Waals surface area contributed by atoms with Crippen molar-refractivity contribution in [3.63, 3.8) is 0 Å². The lowest BCUT2D eigenvalue weighted by Gasteiger charge is -2.09. The van der Waals surface area contributed by atoms with E-state index >= 15 is 0 Å². The molecule has 2 atom stereocenters. The monoisotopic (exact) mass is 217 g/mol. The van der Waals surface area contributed by atoms with Gasteiger partial charge in [-0.2, -0.15) is 0 Å². The Morgan fingerprint density at radius 1 is 1.50 bits per heavy atom.